The maximum Gasteiger partial charge on any atom is 0.179 e. The molecule has 4 rings (SSSR count). The summed E-state index contributed by atoms with van der Waals surface area (Å²) in [6.45, 7) is 3.83. The van der Waals surface area contributed by atoms with Crippen molar-refractivity contribution in [3.8, 4) is 18.5 Å². The average molecular weight is 392 g/mol. The lowest BCUT2D eigenvalue weighted by atomic mass is 9.68. The molecule has 0 spiro atoms. The summed E-state index contributed by atoms with van der Waals surface area (Å²) in [6, 6.07) is 8.28. The van der Waals surface area contributed by atoms with Gasteiger partial charge in [-0.1, -0.05) is 31.0 Å². The monoisotopic (exact) mass is 391 g/mol. The SMILES string of the molecule is C#CCO[C@@H]1C[C@H]2[C@@H](CC[C@H](O)[C@@H]2C)CN(C#N)CCc2c1[nH]c1ccccc21. The Morgan fingerprint density at radius 3 is 2.97 bits per heavy atom. The fraction of sp³-hybridized carbons (Fsp3) is 0.542. The van der Waals surface area contributed by atoms with E-state index in [-0.39, 0.29) is 30.7 Å². The van der Waals surface area contributed by atoms with Gasteiger partial charge in [0.15, 0.2) is 6.19 Å². The van der Waals surface area contributed by atoms with Crippen molar-refractivity contribution in [3.63, 3.8) is 0 Å². The summed E-state index contributed by atoms with van der Waals surface area (Å²) in [6.07, 6.45) is 10.8. The predicted octanol–water partition coefficient (Wildman–Crippen LogP) is 3.61. The second-order valence-corrected chi connectivity index (χ2v) is 8.53. The number of aliphatic hydroxyl groups is 1. The largest absolute Gasteiger partial charge is 0.393 e. The van der Waals surface area contributed by atoms with E-state index in [4.69, 9.17) is 11.2 Å². The van der Waals surface area contributed by atoms with Crippen LogP contribution >= 0.6 is 0 Å². The molecule has 0 amide bonds. The van der Waals surface area contributed by atoms with E-state index in [1.807, 2.05) is 17.0 Å². The standard InChI is InChI=1S/C24H29N3O2/c1-3-12-29-23-13-20-16(2)22(28)9-8-17(20)14-27(15-25)11-10-19-18-6-4-5-7-21(18)26-24(19)23/h1,4-7,16-17,20,22-23,26,28H,8-14H2,2H3/t16-,17+,20-,22+,23-/m1/s1. The highest BCUT2D eigenvalue weighted by Gasteiger charge is 2.39. The van der Waals surface area contributed by atoms with E-state index in [1.165, 1.54) is 10.9 Å². The second kappa shape index (κ2) is 8.49. The first-order valence-corrected chi connectivity index (χ1v) is 10.6. The zero-order valence-electron chi connectivity index (χ0n) is 17.0. The van der Waals surface area contributed by atoms with Crippen molar-refractivity contribution < 1.29 is 9.84 Å². The van der Waals surface area contributed by atoms with E-state index >= 15 is 0 Å². The van der Waals surface area contributed by atoms with Crippen molar-refractivity contribution >= 4 is 10.9 Å². The molecule has 0 saturated heterocycles. The van der Waals surface area contributed by atoms with Crippen LogP contribution in [0.25, 0.3) is 10.9 Å². The molecule has 5 heteroatoms. The lowest BCUT2D eigenvalue weighted by Gasteiger charge is -2.42. The van der Waals surface area contributed by atoms with Gasteiger partial charge in [0.1, 0.15) is 6.61 Å². The van der Waals surface area contributed by atoms with Gasteiger partial charge in [-0.25, -0.2) is 0 Å². The first kappa shape index (κ1) is 19.8. The average Bonchev–Trinajstić information content (AvgIpc) is 3.11. The van der Waals surface area contributed by atoms with Crippen LogP contribution in [0, 0.1) is 41.6 Å². The van der Waals surface area contributed by atoms with Crippen LogP contribution in [-0.4, -0.2) is 40.8 Å². The fourth-order valence-electron chi connectivity index (χ4n) is 5.35. The van der Waals surface area contributed by atoms with Crippen LogP contribution in [0.2, 0.25) is 0 Å². The van der Waals surface area contributed by atoms with Crippen LogP contribution in [0.1, 0.15) is 43.5 Å². The second-order valence-electron chi connectivity index (χ2n) is 8.53. The van der Waals surface area contributed by atoms with Crippen LogP contribution in [0.4, 0.5) is 0 Å². The Balaban J connectivity index is 1.79. The van der Waals surface area contributed by atoms with Crippen molar-refractivity contribution in [2.45, 2.75) is 44.8 Å². The lowest BCUT2D eigenvalue weighted by molar-refractivity contribution is -0.0310. The van der Waals surface area contributed by atoms with Gasteiger partial charge in [-0.15, -0.1) is 6.42 Å². The topological polar surface area (TPSA) is 72.3 Å². The molecule has 2 aromatic rings. The zero-order valence-corrected chi connectivity index (χ0v) is 17.0. The summed E-state index contributed by atoms with van der Waals surface area (Å²) in [5.74, 6) is 3.42. The quantitative estimate of drug-likeness (QED) is 0.606. The van der Waals surface area contributed by atoms with Crippen LogP contribution < -0.4 is 0 Å². The number of terminal acetylenes is 1. The Hall–Kier alpha value is -2.47. The Labute approximate surface area is 172 Å². The van der Waals surface area contributed by atoms with E-state index < -0.39 is 0 Å². The minimum atomic E-state index is -0.301. The van der Waals surface area contributed by atoms with Gasteiger partial charge in [-0.2, -0.15) is 5.26 Å². The number of rotatable bonds is 2. The van der Waals surface area contributed by atoms with E-state index in [0.717, 1.165) is 43.4 Å². The minimum Gasteiger partial charge on any atom is -0.393 e. The molecule has 1 aromatic heterocycles. The number of para-hydroxylation sites is 1. The van der Waals surface area contributed by atoms with Gasteiger partial charge in [0.25, 0.3) is 0 Å². The van der Waals surface area contributed by atoms with Crippen molar-refractivity contribution in [2.24, 2.45) is 17.8 Å². The summed E-state index contributed by atoms with van der Waals surface area (Å²) in [4.78, 5) is 5.49. The number of hydrogen-bond donors (Lipinski definition) is 2. The zero-order chi connectivity index (χ0) is 20.4. The minimum absolute atomic E-state index is 0.137. The number of aliphatic hydroxyl groups excluding tert-OH is 1. The predicted molar refractivity (Wildman–Crippen MR) is 113 cm³/mol. The molecule has 1 aromatic carbocycles. The molecule has 0 radical (unpaired) electrons. The number of aromatic nitrogens is 1. The molecule has 2 N–H and O–H groups in total. The van der Waals surface area contributed by atoms with Crippen LogP contribution in [0.5, 0.6) is 0 Å². The number of nitriles is 1. The van der Waals surface area contributed by atoms with Crippen LogP contribution in [0.15, 0.2) is 24.3 Å². The summed E-state index contributed by atoms with van der Waals surface area (Å²) in [5, 5.41) is 21.5. The van der Waals surface area contributed by atoms with E-state index in [1.54, 1.807) is 0 Å². The van der Waals surface area contributed by atoms with Crippen molar-refractivity contribution in [1.29, 1.82) is 5.26 Å². The van der Waals surface area contributed by atoms with Gasteiger partial charge in [0.05, 0.1) is 12.2 Å². The fourth-order valence-corrected chi connectivity index (χ4v) is 5.35. The Bertz CT molecular complexity index is 938. The molecule has 1 aliphatic carbocycles. The highest BCUT2D eigenvalue weighted by Crippen LogP contribution is 2.43. The number of aromatic amines is 1. The molecule has 0 bridgehead atoms. The summed E-state index contributed by atoms with van der Waals surface area (Å²) >= 11 is 0. The van der Waals surface area contributed by atoms with Gasteiger partial charge in [-0.05, 0) is 55.1 Å². The molecule has 5 nitrogen and oxygen atoms in total. The number of benzene rings is 1. The maximum atomic E-state index is 10.5. The highest BCUT2D eigenvalue weighted by molar-refractivity contribution is 5.84. The van der Waals surface area contributed by atoms with E-state index in [2.05, 4.69) is 36.2 Å². The number of nitrogens with one attached hydrogen (secondary N) is 1. The smallest absolute Gasteiger partial charge is 0.179 e. The van der Waals surface area contributed by atoms with Crippen molar-refractivity contribution in [1.82, 2.24) is 9.88 Å². The third kappa shape index (κ3) is 3.86. The Kier molecular flexibility index (Phi) is 5.81. The molecular formula is C24H29N3O2. The summed E-state index contributed by atoms with van der Waals surface area (Å²) < 4.78 is 6.18. The number of hydrogen-bond acceptors (Lipinski definition) is 4. The highest BCUT2D eigenvalue weighted by atomic mass is 16.5. The lowest BCUT2D eigenvalue weighted by Crippen LogP contribution is -2.42. The van der Waals surface area contributed by atoms with E-state index in [0.29, 0.717) is 12.5 Å². The molecule has 1 saturated carbocycles. The number of fused-ring (bicyclic) bond motifs is 4. The molecule has 1 fully saturated rings. The molecule has 2 aliphatic rings. The molecule has 5 atom stereocenters. The number of nitrogens with zero attached hydrogens (tertiary/aromatic N) is 2. The van der Waals surface area contributed by atoms with Crippen molar-refractivity contribution in [3.05, 3.63) is 35.5 Å². The van der Waals surface area contributed by atoms with E-state index in [9.17, 15) is 10.4 Å². The maximum absolute atomic E-state index is 10.5. The van der Waals surface area contributed by atoms with Crippen molar-refractivity contribution in [2.75, 3.05) is 19.7 Å². The van der Waals surface area contributed by atoms with Crippen LogP contribution in [0.3, 0.4) is 0 Å². The van der Waals surface area contributed by atoms with Gasteiger partial charge in [-0.3, -0.25) is 0 Å². The molecular weight excluding hydrogens is 362 g/mol. The Morgan fingerprint density at radius 1 is 1.34 bits per heavy atom. The first-order valence-electron chi connectivity index (χ1n) is 10.6. The summed E-state index contributed by atoms with van der Waals surface area (Å²) in [7, 11) is 0. The third-order valence-corrected chi connectivity index (χ3v) is 6.97. The van der Waals surface area contributed by atoms with Gasteiger partial charge in [0, 0.05) is 29.7 Å². The molecule has 152 valence electrons. The molecule has 1 aliphatic heterocycles. The Morgan fingerprint density at radius 2 is 2.17 bits per heavy atom. The normalized spacial score (nSPS) is 30.1. The van der Waals surface area contributed by atoms with Gasteiger partial charge < -0.3 is 19.7 Å². The van der Waals surface area contributed by atoms with Gasteiger partial charge >= 0.3 is 0 Å². The summed E-state index contributed by atoms with van der Waals surface area (Å²) in [5.41, 5.74) is 3.38. The molecule has 29 heavy (non-hydrogen) atoms. The molecule has 0 unspecified atom stereocenters. The first-order chi connectivity index (χ1) is 14.1. The molecule has 2 heterocycles. The third-order valence-electron chi connectivity index (χ3n) is 6.97. The number of ether oxygens (including phenoxy) is 1. The van der Waals surface area contributed by atoms with Crippen LogP contribution in [-0.2, 0) is 11.2 Å². The van der Waals surface area contributed by atoms with Gasteiger partial charge in [0.2, 0.25) is 0 Å². The number of H-pyrrole nitrogens is 1.